The smallest absolute Gasteiger partial charge is 0.339 e. The maximum atomic E-state index is 11.7. The van der Waals surface area contributed by atoms with Crippen LogP contribution < -0.4 is 4.90 Å². The SMILES string of the molecule is CCOC(=O)c1c[nH]c(N2CCCCC2=O)c1. The van der Waals surface area contributed by atoms with E-state index < -0.39 is 0 Å². The Hall–Kier alpha value is -1.78. The fraction of sp³-hybridized carbons (Fsp3) is 0.500. The number of ether oxygens (including phenoxy) is 1. The third kappa shape index (κ3) is 2.49. The largest absolute Gasteiger partial charge is 0.462 e. The number of nitrogens with one attached hydrogen (secondary N) is 1. The molecule has 1 saturated heterocycles. The minimum atomic E-state index is -0.362. The Morgan fingerprint density at radius 2 is 2.35 bits per heavy atom. The monoisotopic (exact) mass is 236 g/mol. The molecule has 0 unspecified atom stereocenters. The van der Waals surface area contributed by atoms with Crippen molar-refractivity contribution >= 4 is 17.7 Å². The van der Waals surface area contributed by atoms with E-state index in [-0.39, 0.29) is 11.9 Å². The van der Waals surface area contributed by atoms with Crippen molar-refractivity contribution < 1.29 is 14.3 Å². The Balaban J connectivity index is 2.12. The molecule has 5 heteroatoms. The van der Waals surface area contributed by atoms with Crippen molar-refractivity contribution in [3.05, 3.63) is 17.8 Å². The van der Waals surface area contributed by atoms with Crippen LogP contribution in [0, 0.1) is 0 Å². The number of hydrogen-bond acceptors (Lipinski definition) is 3. The summed E-state index contributed by atoms with van der Waals surface area (Å²) in [5, 5.41) is 0. The standard InChI is InChI=1S/C12H16N2O3/c1-2-17-12(16)9-7-10(13-8-9)14-6-4-3-5-11(14)15/h7-8,13H,2-6H2,1H3. The fourth-order valence-electron chi connectivity index (χ4n) is 1.93. The van der Waals surface area contributed by atoms with Crippen LogP contribution >= 0.6 is 0 Å². The predicted octanol–water partition coefficient (Wildman–Crippen LogP) is 1.71. The molecule has 2 heterocycles. The lowest BCUT2D eigenvalue weighted by Crippen LogP contribution is -2.35. The molecule has 1 aromatic rings. The number of amides is 1. The van der Waals surface area contributed by atoms with Gasteiger partial charge in [-0.25, -0.2) is 4.79 Å². The van der Waals surface area contributed by atoms with Gasteiger partial charge in [-0.05, 0) is 25.8 Å². The van der Waals surface area contributed by atoms with E-state index in [2.05, 4.69) is 4.98 Å². The molecule has 5 nitrogen and oxygen atoms in total. The quantitative estimate of drug-likeness (QED) is 0.812. The normalized spacial score (nSPS) is 16.1. The van der Waals surface area contributed by atoms with Crippen LogP contribution in [0.2, 0.25) is 0 Å². The van der Waals surface area contributed by atoms with Gasteiger partial charge in [0.15, 0.2) is 0 Å². The average Bonchev–Trinajstić information content (AvgIpc) is 2.79. The second-order valence-electron chi connectivity index (χ2n) is 4.00. The highest BCUT2D eigenvalue weighted by molar-refractivity contribution is 5.96. The summed E-state index contributed by atoms with van der Waals surface area (Å²) in [7, 11) is 0. The van der Waals surface area contributed by atoms with Gasteiger partial charge in [0.05, 0.1) is 12.2 Å². The molecule has 1 aliphatic heterocycles. The van der Waals surface area contributed by atoms with Crippen LogP contribution in [0.5, 0.6) is 0 Å². The van der Waals surface area contributed by atoms with Gasteiger partial charge in [0.25, 0.3) is 0 Å². The van der Waals surface area contributed by atoms with Crippen molar-refractivity contribution in [2.45, 2.75) is 26.2 Å². The van der Waals surface area contributed by atoms with E-state index in [9.17, 15) is 9.59 Å². The van der Waals surface area contributed by atoms with E-state index in [4.69, 9.17) is 4.74 Å². The molecular weight excluding hydrogens is 220 g/mol. The summed E-state index contributed by atoms with van der Waals surface area (Å²) >= 11 is 0. The number of anilines is 1. The Morgan fingerprint density at radius 3 is 3.06 bits per heavy atom. The van der Waals surface area contributed by atoms with E-state index in [0.717, 1.165) is 12.8 Å². The van der Waals surface area contributed by atoms with Crippen LogP contribution in [0.3, 0.4) is 0 Å². The lowest BCUT2D eigenvalue weighted by Gasteiger charge is -2.25. The van der Waals surface area contributed by atoms with E-state index in [1.165, 1.54) is 0 Å². The minimum absolute atomic E-state index is 0.105. The molecule has 0 atom stereocenters. The first kappa shape index (κ1) is 11.7. The van der Waals surface area contributed by atoms with Gasteiger partial charge in [0.2, 0.25) is 5.91 Å². The van der Waals surface area contributed by atoms with Gasteiger partial charge >= 0.3 is 5.97 Å². The highest BCUT2D eigenvalue weighted by Crippen LogP contribution is 2.20. The number of nitrogens with zero attached hydrogens (tertiary/aromatic N) is 1. The van der Waals surface area contributed by atoms with Crippen molar-refractivity contribution in [2.24, 2.45) is 0 Å². The molecule has 17 heavy (non-hydrogen) atoms. The number of piperidine rings is 1. The third-order valence-corrected chi connectivity index (χ3v) is 2.79. The molecule has 0 aromatic carbocycles. The summed E-state index contributed by atoms with van der Waals surface area (Å²) < 4.78 is 4.89. The predicted molar refractivity (Wildman–Crippen MR) is 63.0 cm³/mol. The van der Waals surface area contributed by atoms with Crippen molar-refractivity contribution in [1.82, 2.24) is 4.98 Å². The molecule has 1 N–H and O–H groups in total. The van der Waals surface area contributed by atoms with Crippen LogP contribution in [0.15, 0.2) is 12.3 Å². The van der Waals surface area contributed by atoms with Crippen LogP contribution in [0.4, 0.5) is 5.82 Å². The van der Waals surface area contributed by atoms with Gasteiger partial charge in [0.1, 0.15) is 5.82 Å². The number of carbonyl (C=O) groups excluding carboxylic acids is 2. The zero-order valence-corrected chi connectivity index (χ0v) is 9.86. The molecule has 0 radical (unpaired) electrons. The fourth-order valence-corrected chi connectivity index (χ4v) is 1.93. The van der Waals surface area contributed by atoms with E-state index >= 15 is 0 Å². The summed E-state index contributed by atoms with van der Waals surface area (Å²) in [6.45, 7) is 2.82. The minimum Gasteiger partial charge on any atom is -0.462 e. The first-order chi connectivity index (χ1) is 8.22. The highest BCUT2D eigenvalue weighted by Gasteiger charge is 2.21. The van der Waals surface area contributed by atoms with E-state index in [1.807, 2.05) is 0 Å². The molecule has 0 aliphatic carbocycles. The van der Waals surface area contributed by atoms with E-state index in [0.29, 0.717) is 31.0 Å². The number of esters is 1. The molecule has 1 fully saturated rings. The summed E-state index contributed by atoms with van der Waals surface area (Å²) in [5.74, 6) is 0.422. The molecule has 1 aliphatic rings. The highest BCUT2D eigenvalue weighted by atomic mass is 16.5. The van der Waals surface area contributed by atoms with Gasteiger partial charge in [-0.1, -0.05) is 0 Å². The zero-order chi connectivity index (χ0) is 12.3. The number of H-pyrrole nitrogens is 1. The molecule has 0 bridgehead atoms. The summed E-state index contributed by atoms with van der Waals surface area (Å²) in [4.78, 5) is 27.8. The van der Waals surface area contributed by atoms with E-state index in [1.54, 1.807) is 24.1 Å². The number of aromatic amines is 1. The zero-order valence-electron chi connectivity index (χ0n) is 9.86. The number of hydrogen-bond donors (Lipinski definition) is 1. The van der Waals surface area contributed by atoms with Crippen LogP contribution in [-0.2, 0) is 9.53 Å². The van der Waals surface area contributed by atoms with Crippen molar-refractivity contribution in [2.75, 3.05) is 18.1 Å². The number of aromatic nitrogens is 1. The molecule has 92 valence electrons. The Morgan fingerprint density at radius 1 is 1.53 bits per heavy atom. The van der Waals surface area contributed by atoms with Gasteiger partial charge in [0, 0.05) is 19.2 Å². The maximum Gasteiger partial charge on any atom is 0.339 e. The van der Waals surface area contributed by atoms with Crippen LogP contribution in [0.25, 0.3) is 0 Å². The van der Waals surface area contributed by atoms with Crippen molar-refractivity contribution in [3.63, 3.8) is 0 Å². The molecular formula is C12H16N2O3. The topological polar surface area (TPSA) is 62.4 Å². The molecule has 1 aromatic heterocycles. The summed E-state index contributed by atoms with van der Waals surface area (Å²) in [6.07, 6.45) is 4.10. The average molecular weight is 236 g/mol. The number of carbonyl (C=O) groups is 2. The Bertz CT molecular complexity index is 425. The van der Waals surface area contributed by atoms with Gasteiger partial charge in [-0.15, -0.1) is 0 Å². The van der Waals surface area contributed by atoms with Crippen LogP contribution in [0.1, 0.15) is 36.5 Å². The van der Waals surface area contributed by atoms with Crippen molar-refractivity contribution in [3.8, 4) is 0 Å². The Labute approximate surface area is 99.8 Å². The van der Waals surface area contributed by atoms with Crippen LogP contribution in [-0.4, -0.2) is 30.0 Å². The second-order valence-corrected chi connectivity index (χ2v) is 4.00. The lowest BCUT2D eigenvalue weighted by molar-refractivity contribution is -0.119. The molecule has 2 rings (SSSR count). The van der Waals surface area contributed by atoms with Gasteiger partial charge < -0.3 is 9.72 Å². The van der Waals surface area contributed by atoms with Crippen molar-refractivity contribution in [1.29, 1.82) is 0 Å². The van der Waals surface area contributed by atoms with Gasteiger partial charge in [-0.2, -0.15) is 0 Å². The second kappa shape index (κ2) is 5.03. The third-order valence-electron chi connectivity index (χ3n) is 2.79. The lowest BCUT2D eigenvalue weighted by atomic mass is 10.1. The summed E-state index contributed by atoms with van der Waals surface area (Å²) in [6, 6.07) is 1.67. The van der Waals surface area contributed by atoms with Gasteiger partial charge in [-0.3, -0.25) is 9.69 Å². The summed E-state index contributed by atoms with van der Waals surface area (Å²) in [5.41, 5.74) is 0.459. The molecule has 0 saturated carbocycles. The Kier molecular flexibility index (Phi) is 3.46. The first-order valence-corrected chi connectivity index (χ1v) is 5.88. The number of rotatable bonds is 3. The first-order valence-electron chi connectivity index (χ1n) is 5.88. The molecule has 0 spiro atoms. The molecule has 1 amide bonds. The maximum absolute atomic E-state index is 11.7.